The number of fused-ring (bicyclic) bond motifs is 1. The summed E-state index contributed by atoms with van der Waals surface area (Å²) in [4.78, 5) is 85.2. The van der Waals surface area contributed by atoms with E-state index >= 15 is 0 Å². The van der Waals surface area contributed by atoms with Crippen LogP contribution in [0.15, 0.2) is 35.4 Å². The Balaban J connectivity index is 1.46. The SMILES string of the molecule is CNc1ccccc1C(=O)NCCNC(=O)O[C@H]1[C@@H](O)[C@H](n2cnc3c(=O)[nH]c(N)nc32)O[C@@H]1COP(=O)(O)OP(=O)(O)OP(O)(O)=S. The molecular weight excluding hydrogens is 729 g/mol. The van der Waals surface area contributed by atoms with E-state index in [4.69, 9.17) is 25.0 Å². The smallest absolute Gasteiger partial charge is 0.440 e. The molecule has 1 aromatic carbocycles. The van der Waals surface area contributed by atoms with Crippen LogP contribution in [0.25, 0.3) is 11.2 Å². The number of H-pyrrole nitrogens is 1. The first-order valence-electron chi connectivity index (χ1n) is 13.2. The first kappa shape index (κ1) is 37.5. The van der Waals surface area contributed by atoms with Gasteiger partial charge in [0.1, 0.15) is 12.2 Å². The molecule has 0 saturated carbocycles. The molecule has 3 aromatic rings. The van der Waals surface area contributed by atoms with Gasteiger partial charge in [-0.05, 0) is 23.9 Å². The van der Waals surface area contributed by atoms with Crippen LogP contribution in [0.4, 0.5) is 16.4 Å². The van der Waals surface area contributed by atoms with E-state index in [9.17, 15) is 38.4 Å². The molecule has 0 spiro atoms. The minimum Gasteiger partial charge on any atom is -0.440 e. The number of nitrogen functional groups attached to an aromatic ring is 1. The van der Waals surface area contributed by atoms with Crippen LogP contribution in [0.5, 0.6) is 0 Å². The second kappa shape index (κ2) is 15.0. The van der Waals surface area contributed by atoms with E-state index in [0.717, 1.165) is 10.9 Å². The number of ether oxygens (including phenoxy) is 2. The number of aromatic nitrogens is 4. The van der Waals surface area contributed by atoms with E-state index in [2.05, 4.69) is 55.9 Å². The first-order chi connectivity index (χ1) is 22.4. The highest BCUT2D eigenvalue weighted by Gasteiger charge is 2.49. The number of aliphatic hydroxyl groups is 1. The van der Waals surface area contributed by atoms with Crippen LogP contribution in [0.3, 0.4) is 0 Å². The number of nitrogens with two attached hydrogens (primary N) is 1. The lowest BCUT2D eigenvalue weighted by atomic mass is 10.1. The Morgan fingerprint density at radius 3 is 2.50 bits per heavy atom. The standard InChI is InChI=1S/C21H29N8O15P3S/c1-23-11-5-3-2-4-10(11)17(31)24-6-7-25-21(33)42-15-12(8-40-45(34,35)43-46(36,37)44-47(38,39)48)41-19(14(15)30)29-9-26-13-16(29)27-20(22)28-18(13)32/h2-5,9,12,14-15,19,23,30H,6-8H2,1H3,(H,24,31)(H,25,33)(H,34,35)(H,36,37)(H2,38,39,48)(H3,22,27,28,32)/t12-,14-,15-,19-/m1/s1. The molecule has 1 fully saturated rings. The molecule has 0 aliphatic carbocycles. The van der Waals surface area contributed by atoms with Crippen molar-refractivity contribution in [2.75, 3.05) is 37.8 Å². The Hall–Kier alpha value is -3.34. The van der Waals surface area contributed by atoms with Crippen LogP contribution in [-0.4, -0.2) is 101 Å². The predicted molar refractivity (Wildman–Crippen MR) is 166 cm³/mol. The molecule has 2 amide bonds. The van der Waals surface area contributed by atoms with Gasteiger partial charge in [0.15, 0.2) is 23.5 Å². The molecule has 27 heteroatoms. The maximum absolute atomic E-state index is 12.7. The number of imidazole rings is 1. The van der Waals surface area contributed by atoms with E-state index in [1.54, 1.807) is 31.3 Å². The molecule has 2 aromatic heterocycles. The minimum absolute atomic E-state index is 0.0581. The van der Waals surface area contributed by atoms with Crippen molar-refractivity contribution in [2.24, 2.45) is 0 Å². The van der Waals surface area contributed by atoms with Crippen LogP contribution in [0.1, 0.15) is 16.6 Å². The van der Waals surface area contributed by atoms with Gasteiger partial charge < -0.3 is 55.8 Å². The van der Waals surface area contributed by atoms with Gasteiger partial charge in [-0.3, -0.25) is 23.7 Å². The molecule has 23 nitrogen and oxygen atoms in total. The molecule has 6 atom stereocenters. The van der Waals surface area contributed by atoms with E-state index < -0.39 is 71.1 Å². The third-order valence-corrected chi connectivity index (χ3v) is 10.6. The fraction of sp³-hybridized carbons (Fsp3) is 0.381. The lowest BCUT2D eigenvalue weighted by Crippen LogP contribution is -2.42. The van der Waals surface area contributed by atoms with Gasteiger partial charge in [-0.15, -0.1) is 0 Å². The highest BCUT2D eigenvalue weighted by Crippen LogP contribution is 2.66. The molecule has 2 unspecified atom stereocenters. The van der Waals surface area contributed by atoms with Gasteiger partial charge in [0, 0.05) is 25.8 Å². The molecular formula is C21H29N8O15P3S. The van der Waals surface area contributed by atoms with Crippen molar-refractivity contribution >= 4 is 69.0 Å². The maximum atomic E-state index is 12.7. The largest absolute Gasteiger partial charge is 0.488 e. The van der Waals surface area contributed by atoms with Crippen LogP contribution in [0, 0.1) is 0 Å². The molecule has 3 heterocycles. The molecule has 0 bridgehead atoms. The van der Waals surface area contributed by atoms with Crippen molar-refractivity contribution in [1.29, 1.82) is 0 Å². The quantitative estimate of drug-likeness (QED) is 0.0695. The fourth-order valence-electron chi connectivity index (χ4n) is 4.33. The summed E-state index contributed by atoms with van der Waals surface area (Å²) in [7, 11) is -9.59. The monoisotopic (exact) mass is 758 g/mol. The van der Waals surface area contributed by atoms with Gasteiger partial charge in [-0.1, -0.05) is 12.1 Å². The number of alkyl carbamates (subject to hydrolysis) is 1. The molecule has 0 radical (unpaired) electrons. The van der Waals surface area contributed by atoms with E-state index in [1.807, 2.05) is 0 Å². The number of aromatic amines is 1. The molecule has 1 aliphatic rings. The second-order valence-electron chi connectivity index (χ2n) is 9.57. The third-order valence-electron chi connectivity index (χ3n) is 6.22. The number of anilines is 2. The van der Waals surface area contributed by atoms with Crippen molar-refractivity contribution in [3.8, 4) is 0 Å². The summed E-state index contributed by atoms with van der Waals surface area (Å²) in [6.45, 7) is -6.13. The predicted octanol–water partition coefficient (Wildman–Crippen LogP) is -1.01. The number of nitrogens with one attached hydrogen (secondary N) is 4. The number of phosphoric ester groups is 1. The summed E-state index contributed by atoms with van der Waals surface area (Å²) in [5.41, 5.74) is 5.41. The maximum Gasteiger partial charge on any atom is 0.488 e. The Morgan fingerprint density at radius 1 is 1.12 bits per heavy atom. The molecule has 48 heavy (non-hydrogen) atoms. The average Bonchev–Trinajstić information content (AvgIpc) is 3.52. The fourth-order valence-corrected chi connectivity index (χ4v) is 8.12. The Labute approximate surface area is 273 Å². The summed E-state index contributed by atoms with van der Waals surface area (Å²) in [5.74, 6) is -0.761. The molecule has 264 valence electrons. The number of hydrogen-bond donors (Lipinski definition) is 10. The Morgan fingerprint density at radius 2 is 1.81 bits per heavy atom. The van der Waals surface area contributed by atoms with Gasteiger partial charge in [0.25, 0.3) is 11.5 Å². The van der Waals surface area contributed by atoms with E-state index in [1.165, 1.54) is 0 Å². The van der Waals surface area contributed by atoms with Crippen molar-refractivity contribution < 1.29 is 66.0 Å². The van der Waals surface area contributed by atoms with Gasteiger partial charge in [0.05, 0.1) is 18.5 Å². The topological polar surface area (TPSA) is 341 Å². The Kier molecular flexibility index (Phi) is 11.8. The number of phosphoric acid groups is 2. The van der Waals surface area contributed by atoms with Gasteiger partial charge in [-0.25, -0.2) is 23.2 Å². The normalized spacial score (nSPS) is 22.0. The molecule has 4 rings (SSSR count). The molecule has 11 N–H and O–H groups in total. The number of hydrogen-bond acceptors (Lipinski definition) is 16. The molecule has 1 saturated heterocycles. The van der Waals surface area contributed by atoms with Crippen molar-refractivity contribution in [3.63, 3.8) is 0 Å². The van der Waals surface area contributed by atoms with Crippen LogP contribution in [-0.2, 0) is 43.6 Å². The van der Waals surface area contributed by atoms with Gasteiger partial charge in [-0.2, -0.15) is 9.29 Å². The number of carbonyl (C=O) groups is 2. The number of benzene rings is 1. The van der Waals surface area contributed by atoms with Crippen molar-refractivity contribution in [1.82, 2.24) is 30.2 Å². The summed E-state index contributed by atoms with van der Waals surface area (Å²) < 4.78 is 48.8. The summed E-state index contributed by atoms with van der Waals surface area (Å²) in [6.07, 6.45) is -6.79. The lowest BCUT2D eigenvalue weighted by molar-refractivity contribution is -0.0508. The number of para-hydroxylation sites is 1. The van der Waals surface area contributed by atoms with Crippen LogP contribution >= 0.6 is 22.4 Å². The van der Waals surface area contributed by atoms with E-state index in [-0.39, 0.29) is 30.2 Å². The van der Waals surface area contributed by atoms with E-state index in [0.29, 0.717) is 11.3 Å². The zero-order valence-corrected chi connectivity index (χ0v) is 27.8. The van der Waals surface area contributed by atoms with Gasteiger partial charge in [0.2, 0.25) is 5.95 Å². The number of nitrogens with zero attached hydrogens (tertiary/aromatic N) is 3. The minimum atomic E-state index is -5.66. The first-order valence-corrected chi connectivity index (χ1v) is 18.8. The van der Waals surface area contributed by atoms with Crippen LogP contribution < -0.4 is 27.2 Å². The highest BCUT2D eigenvalue weighted by atomic mass is 32.5. The third kappa shape index (κ3) is 9.64. The number of amides is 2. The highest BCUT2D eigenvalue weighted by molar-refractivity contribution is 8.08. The van der Waals surface area contributed by atoms with Gasteiger partial charge >= 0.3 is 28.5 Å². The summed E-state index contributed by atoms with van der Waals surface area (Å²) in [5, 5.41) is 18.9. The summed E-state index contributed by atoms with van der Waals surface area (Å²) >= 11 is 4.04. The van der Waals surface area contributed by atoms with Crippen molar-refractivity contribution in [2.45, 2.75) is 24.5 Å². The number of rotatable bonds is 14. The zero-order chi connectivity index (χ0) is 35.4. The molecule has 1 aliphatic heterocycles. The average molecular weight is 758 g/mol. The number of carbonyl (C=O) groups excluding carboxylic acids is 2. The zero-order valence-electron chi connectivity index (χ0n) is 24.3. The van der Waals surface area contributed by atoms with Crippen molar-refractivity contribution in [3.05, 3.63) is 46.5 Å². The Bertz CT molecular complexity index is 1870. The lowest BCUT2D eigenvalue weighted by Gasteiger charge is -2.22. The second-order valence-corrected chi connectivity index (χ2v) is 15.4. The van der Waals surface area contributed by atoms with Crippen LogP contribution in [0.2, 0.25) is 0 Å². The number of aliphatic hydroxyl groups excluding tert-OH is 1. The summed E-state index contributed by atoms with van der Waals surface area (Å²) in [6, 6.07) is 6.68.